The van der Waals surface area contributed by atoms with E-state index >= 15 is 0 Å². The maximum Gasteiger partial charge on any atom is 0.0799 e. The van der Waals surface area contributed by atoms with E-state index in [1.807, 2.05) is 13.1 Å². The lowest BCUT2D eigenvalue weighted by molar-refractivity contribution is 0.755. The van der Waals surface area contributed by atoms with Crippen molar-refractivity contribution in [2.45, 2.75) is 12.7 Å². The normalized spacial score (nSPS) is 10.7. The van der Waals surface area contributed by atoms with E-state index in [1.165, 1.54) is 0 Å². The number of nitrogens with zero attached hydrogens (tertiary/aromatic N) is 1. The van der Waals surface area contributed by atoms with Gasteiger partial charge in [-0.1, -0.05) is 0 Å². The lowest BCUT2D eigenvalue weighted by Gasteiger charge is -2.06. The van der Waals surface area contributed by atoms with Crippen LogP contribution in [0.5, 0.6) is 0 Å². The van der Waals surface area contributed by atoms with Crippen molar-refractivity contribution in [2.75, 3.05) is 7.05 Å². The first-order valence-electron chi connectivity index (χ1n) is 3.83. The molecule has 0 saturated carbocycles. The molecular formula is C8H14N4. The van der Waals surface area contributed by atoms with Gasteiger partial charge >= 0.3 is 0 Å². The van der Waals surface area contributed by atoms with Gasteiger partial charge in [0.2, 0.25) is 0 Å². The van der Waals surface area contributed by atoms with Gasteiger partial charge in [-0.15, -0.1) is 0 Å². The molecular weight excluding hydrogens is 152 g/mol. The molecule has 4 nitrogen and oxygen atoms in total. The Morgan fingerprint density at radius 2 is 2.25 bits per heavy atom. The molecule has 0 spiro atoms. The summed E-state index contributed by atoms with van der Waals surface area (Å²) in [6.45, 7) is 0.785. The Morgan fingerprint density at radius 3 is 2.83 bits per heavy atom. The molecule has 5 N–H and O–H groups in total. The van der Waals surface area contributed by atoms with Crippen molar-refractivity contribution in [3.63, 3.8) is 0 Å². The van der Waals surface area contributed by atoms with E-state index in [4.69, 9.17) is 11.5 Å². The van der Waals surface area contributed by atoms with Gasteiger partial charge in [0.15, 0.2) is 0 Å². The minimum atomic E-state index is -0.436. The van der Waals surface area contributed by atoms with Crippen LogP contribution >= 0.6 is 0 Å². The Hall–Kier alpha value is -0.970. The topological polar surface area (TPSA) is 77.0 Å². The van der Waals surface area contributed by atoms with Gasteiger partial charge in [-0.3, -0.25) is 4.98 Å². The highest BCUT2D eigenvalue weighted by molar-refractivity contribution is 5.20. The zero-order chi connectivity index (χ0) is 8.97. The first-order valence-corrected chi connectivity index (χ1v) is 3.83. The average molecular weight is 166 g/mol. The van der Waals surface area contributed by atoms with Crippen molar-refractivity contribution in [1.29, 1.82) is 0 Å². The molecule has 0 atom stereocenters. The molecule has 12 heavy (non-hydrogen) atoms. The lowest BCUT2D eigenvalue weighted by atomic mass is 10.2. The molecule has 0 aliphatic heterocycles. The molecule has 0 aromatic carbocycles. The Morgan fingerprint density at radius 1 is 1.50 bits per heavy atom. The zero-order valence-corrected chi connectivity index (χ0v) is 7.12. The number of nitrogens with two attached hydrogens (primary N) is 2. The van der Waals surface area contributed by atoms with E-state index in [0.717, 1.165) is 17.7 Å². The number of pyridine rings is 1. The van der Waals surface area contributed by atoms with Gasteiger partial charge in [0.25, 0.3) is 0 Å². The fourth-order valence-electron chi connectivity index (χ4n) is 0.991. The van der Waals surface area contributed by atoms with Crippen LogP contribution in [0.2, 0.25) is 0 Å². The van der Waals surface area contributed by atoms with E-state index in [1.54, 1.807) is 12.4 Å². The number of rotatable bonds is 3. The molecule has 0 unspecified atom stereocenters. The second kappa shape index (κ2) is 4.15. The Kier molecular flexibility index (Phi) is 3.16. The van der Waals surface area contributed by atoms with Crippen molar-refractivity contribution < 1.29 is 0 Å². The number of hydrogen-bond donors (Lipinski definition) is 3. The predicted octanol–water partition coefficient (Wildman–Crippen LogP) is -0.283. The highest BCUT2D eigenvalue weighted by Crippen LogP contribution is 2.05. The summed E-state index contributed by atoms with van der Waals surface area (Å²) in [6, 6.07) is 1.95. The Bertz CT molecular complexity index is 247. The smallest absolute Gasteiger partial charge is 0.0799 e. The van der Waals surface area contributed by atoms with Gasteiger partial charge in [-0.05, 0) is 18.7 Å². The zero-order valence-electron chi connectivity index (χ0n) is 7.12. The molecule has 1 heterocycles. The van der Waals surface area contributed by atoms with Crippen LogP contribution in [-0.4, -0.2) is 12.0 Å². The number of hydrogen-bond acceptors (Lipinski definition) is 4. The molecule has 0 amide bonds. The standard InChI is InChI=1S/C8H14N4/c1-11-3-6-2-7(8(9)10)5-12-4-6/h2,4-5,8,11H,3,9-10H2,1H3. The van der Waals surface area contributed by atoms with Crippen molar-refractivity contribution in [3.05, 3.63) is 29.6 Å². The SMILES string of the molecule is CNCc1cncc(C(N)N)c1. The third-order valence-electron chi connectivity index (χ3n) is 1.58. The van der Waals surface area contributed by atoms with E-state index in [2.05, 4.69) is 10.3 Å². The molecule has 0 aliphatic carbocycles. The quantitative estimate of drug-likeness (QED) is 0.540. The highest BCUT2D eigenvalue weighted by atomic mass is 14.9. The first kappa shape index (κ1) is 9.12. The van der Waals surface area contributed by atoms with Crippen LogP contribution in [0.25, 0.3) is 0 Å². The summed E-state index contributed by atoms with van der Waals surface area (Å²) < 4.78 is 0. The number of nitrogens with one attached hydrogen (secondary N) is 1. The van der Waals surface area contributed by atoms with Crippen molar-refractivity contribution in [2.24, 2.45) is 11.5 Å². The van der Waals surface area contributed by atoms with Gasteiger partial charge in [0.05, 0.1) is 6.17 Å². The molecule has 4 heteroatoms. The minimum Gasteiger partial charge on any atom is -0.316 e. The van der Waals surface area contributed by atoms with Crippen molar-refractivity contribution in [1.82, 2.24) is 10.3 Å². The fourth-order valence-corrected chi connectivity index (χ4v) is 0.991. The van der Waals surface area contributed by atoms with E-state index in [-0.39, 0.29) is 0 Å². The monoisotopic (exact) mass is 166 g/mol. The van der Waals surface area contributed by atoms with Crippen LogP contribution in [0.3, 0.4) is 0 Å². The number of aromatic nitrogens is 1. The molecule has 0 radical (unpaired) electrons. The summed E-state index contributed by atoms with van der Waals surface area (Å²) >= 11 is 0. The van der Waals surface area contributed by atoms with Gasteiger partial charge in [0, 0.05) is 24.5 Å². The van der Waals surface area contributed by atoms with Gasteiger partial charge in [0.1, 0.15) is 0 Å². The Balaban J connectivity index is 2.81. The summed E-state index contributed by atoms with van der Waals surface area (Å²) in [7, 11) is 1.88. The second-order valence-corrected chi connectivity index (χ2v) is 2.68. The van der Waals surface area contributed by atoms with Crippen LogP contribution in [0, 0.1) is 0 Å². The third kappa shape index (κ3) is 2.27. The van der Waals surface area contributed by atoms with Crippen LogP contribution in [-0.2, 0) is 6.54 Å². The maximum atomic E-state index is 5.50. The third-order valence-corrected chi connectivity index (χ3v) is 1.58. The largest absolute Gasteiger partial charge is 0.316 e. The maximum absolute atomic E-state index is 5.50. The summed E-state index contributed by atoms with van der Waals surface area (Å²) in [4.78, 5) is 4.02. The average Bonchev–Trinajstić information content (AvgIpc) is 2.05. The summed E-state index contributed by atoms with van der Waals surface area (Å²) in [5.41, 5.74) is 12.9. The molecule has 1 aromatic heterocycles. The molecule has 66 valence electrons. The van der Waals surface area contributed by atoms with E-state index in [9.17, 15) is 0 Å². The first-order chi connectivity index (χ1) is 5.74. The molecule has 0 saturated heterocycles. The van der Waals surface area contributed by atoms with Crippen LogP contribution in [0.15, 0.2) is 18.5 Å². The molecule has 1 rings (SSSR count). The molecule has 0 fully saturated rings. The van der Waals surface area contributed by atoms with Crippen LogP contribution < -0.4 is 16.8 Å². The van der Waals surface area contributed by atoms with Crippen LogP contribution in [0.4, 0.5) is 0 Å². The van der Waals surface area contributed by atoms with Gasteiger partial charge in [-0.2, -0.15) is 0 Å². The summed E-state index contributed by atoms with van der Waals surface area (Å²) in [5, 5.41) is 3.03. The van der Waals surface area contributed by atoms with E-state index in [0.29, 0.717) is 0 Å². The minimum absolute atomic E-state index is 0.436. The van der Waals surface area contributed by atoms with Crippen molar-refractivity contribution >= 4 is 0 Å². The van der Waals surface area contributed by atoms with Gasteiger partial charge in [-0.25, -0.2) is 0 Å². The molecule has 1 aromatic rings. The summed E-state index contributed by atoms with van der Waals surface area (Å²) in [6.07, 6.45) is 3.04. The predicted molar refractivity (Wildman–Crippen MR) is 48.1 cm³/mol. The van der Waals surface area contributed by atoms with E-state index < -0.39 is 6.17 Å². The summed E-state index contributed by atoms with van der Waals surface area (Å²) in [5.74, 6) is 0. The Labute approximate surface area is 72.0 Å². The van der Waals surface area contributed by atoms with Gasteiger partial charge < -0.3 is 16.8 Å². The van der Waals surface area contributed by atoms with Crippen molar-refractivity contribution in [3.8, 4) is 0 Å². The van der Waals surface area contributed by atoms with Crippen LogP contribution in [0.1, 0.15) is 17.3 Å². The second-order valence-electron chi connectivity index (χ2n) is 2.68. The fraction of sp³-hybridized carbons (Fsp3) is 0.375. The molecule has 0 aliphatic rings. The highest BCUT2D eigenvalue weighted by Gasteiger charge is 2.00. The lowest BCUT2D eigenvalue weighted by Crippen LogP contribution is -2.20. The molecule has 0 bridgehead atoms.